The first-order valence-corrected chi connectivity index (χ1v) is 8.89. The van der Waals surface area contributed by atoms with E-state index >= 15 is 0 Å². The topological polar surface area (TPSA) is 88.6 Å². The van der Waals surface area contributed by atoms with Gasteiger partial charge in [-0.15, -0.1) is 0 Å². The summed E-state index contributed by atoms with van der Waals surface area (Å²) < 4.78 is 22.2. The van der Waals surface area contributed by atoms with Gasteiger partial charge in [0.05, 0.1) is 12.5 Å². The molecule has 3 fully saturated rings. The summed E-state index contributed by atoms with van der Waals surface area (Å²) in [6, 6.07) is 5.30. The van der Waals surface area contributed by atoms with E-state index in [1.165, 1.54) is 12.5 Å². The lowest BCUT2D eigenvalue weighted by Crippen LogP contribution is -2.49. The summed E-state index contributed by atoms with van der Waals surface area (Å²) in [6.07, 6.45) is 4.54. The Morgan fingerprint density at radius 2 is 2.00 bits per heavy atom. The number of fused-ring (bicyclic) bond motifs is 5. The molecule has 3 aliphatic heterocycles. The maximum Gasteiger partial charge on any atom is 0.354 e. The number of rotatable bonds is 4. The lowest BCUT2D eigenvalue weighted by atomic mass is 9.95. The summed E-state index contributed by atoms with van der Waals surface area (Å²) in [6.45, 7) is 1.82. The van der Waals surface area contributed by atoms with E-state index in [1.54, 1.807) is 18.2 Å². The van der Waals surface area contributed by atoms with Crippen LogP contribution in [0.3, 0.4) is 0 Å². The Kier molecular flexibility index (Phi) is 3.38. The van der Waals surface area contributed by atoms with Crippen LogP contribution >= 0.6 is 0 Å². The van der Waals surface area contributed by atoms with E-state index in [0.717, 1.165) is 5.56 Å². The lowest BCUT2D eigenvalue weighted by Gasteiger charge is -2.38. The van der Waals surface area contributed by atoms with E-state index in [-0.39, 0.29) is 41.9 Å². The van der Waals surface area contributed by atoms with Gasteiger partial charge in [0, 0.05) is 24.9 Å². The second kappa shape index (κ2) is 5.45. The average molecular weight is 359 g/mol. The molecule has 2 aromatic heterocycles. The molecule has 1 N–H and O–H groups in total. The summed E-state index contributed by atoms with van der Waals surface area (Å²) in [4.78, 5) is 15.3. The summed E-state index contributed by atoms with van der Waals surface area (Å²) in [5, 5.41) is 11.2. The van der Waals surface area contributed by atoms with Crippen molar-refractivity contribution in [1.29, 1.82) is 0 Å². The minimum absolute atomic E-state index is 0.0823. The van der Waals surface area contributed by atoms with Crippen molar-refractivity contribution in [2.75, 3.05) is 7.05 Å². The van der Waals surface area contributed by atoms with Crippen molar-refractivity contribution >= 4 is 5.97 Å². The van der Waals surface area contributed by atoms with E-state index in [9.17, 15) is 9.90 Å². The van der Waals surface area contributed by atoms with Gasteiger partial charge >= 0.3 is 5.97 Å². The highest BCUT2D eigenvalue weighted by atomic mass is 16.6. The Bertz CT molecular complexity index is 811. The molecular formula is C19H21NO6. The summed E-state index contributed by atoms with van der Waals surface area (Å²) in [5.74, 6) is -0.596. The number of nitrogens with zero attached hydrogens (tertiary/aromatic N) is 1. The van der Waals surface area contributed by atoms with Crippen molar-refractivity contribution in [2.45, 2.75) is 55.8 Å². The minimum Gasteiger partial charge on any atom is -0.465 e. The number of epoxide rings is 1. The smallest absolute Gasteiger partial charge is 0.354 e. The molecule has 0 aliphatic carbocycles. The van der Waals surface area contributed by atoms with Gasteiger partial charge in [0.1, 0.15) is 18.3 Å². The van der Waals surface area contributed by atoms with E-state index in [0.29, 0.717) is 12.8 Å². The molecular weight excluding hydrogens is 338 g/mol. The molecule has 3 saturated heterocycles. The van der Waals surface area contributed by atoms with Crippen LogP contribution < -0.4 is 0 Å². The van der Waals surface area contributed by atoms with Gasteiger partial charge in [-0.3, -0.25) is 4.90 Å². The fourth-order valence-electron chi connectivity index (χ4n) is 4.46. The van der Waals surface area contributed by atoms with E-state index in [4.69, 9.17) is 18.3 Å². The Balaban J connectivity index is 1.40. The second-order valence-corrected chi connectivity index (χ2v) is 7.54. The molecule has 7 nitrogen and oxygen atoms in total. The van der Waals surface area contributed by atoms with Crippen molar-refractivity contribution in [3.63, 3.8) is 0 Å². The zero-order valence-corrected chi connectivity index (χ0v) is 14.6. The quantitative estimate of drug-likeness (QED) is 0.655. The first kappa shape index (κ1) is 16.1. The molecule has 5 heterocycles. The van der Waals surface area contributed by atoms with Gasteiger partial charge in [0.2, 0.25) is 0 Å². The van der Waals surface area contributed by atoms with Crippen molar-refractivity contribution in [2.24, 2.45) is 0 Å². The predicted octanol–water partition coefficient (Wildman–Crippen LogP) is 1.57. The molecule has 26 heavy (non-hydrogen) atoms. The van der Waals surface area contributed by atoms with Gasteiger partial charge in [-0.1, -0.05) is 0 Å². The zero-order valence-electron chi connectivity index (χ0n) is 14.6. The minimum atomic E-state index is -2.10. The molecule has 2 aromatic rings. The van der Waals surface area contributed by atoms with Gasteiger partial charge in [-0.05, 0) is 37.7 Å². The number of aliphatic hydroxyl groups is 1. The molecule has 0 radical (unpaired) electrons. The van der Waals surface area contributed by atoms with Crippen molar-refractivity contribution in [3.8, 4) is 0 Å². The zero-order chi connectivity index (χ0) is 18.1. The molecule has 5 atom stereocenters. The van der Waals surface area contributed by atoms with Crippen LogP contribution in [0.1, 0.15) is 29.9 Å². The highest BCUT2D eigenvalue weighted by Gasteiger charge is 2.63. The maximum atomic E-state index is 13.0. The Labute approximate surface area is 150 Å². The van der Waals surface area contributed by atoms with Gasteiger partial charge in [0.25, 0.3) is 5.60 Å². The number of piperidine rings is 1. The van der Waals surface area contributed by atoms with Crippen LogP contribution in [0.5, 0.6) is 0 Å². The number of hydrogen-bond donors (Lipinski definition) is 1. The molecule has 0 spiro atoms. The van der Waals surface area contributed by atoms with Crippen LogP contribution in [0, 0.1) is 6.92 Å². The average Bonchev–Trinajstić information content (AvgIpc) is 2.92. The third-order valence-corrected chi connectivity index (χ3v) is 5.91. The van der Waals surface area contributed by atoms with Crippen molar-refractivity contribution < 1.29 is 28.2 Å². The van der Waals surface area contributed by atoms with Crippen LogP contribution in [0.15, 0.2) is 39.6 Å². The van der Waals surface area contributed by atoms with Gasteiger partial charge < -0.3 is 23.4 Å². The Morgan fingerprint density at radius 1 is 1.27 bits per heavy atom. The van der Waals surface area contributed by atoms with Crippen LogP contribution in [0.2, 0.25) is 0 Å². The number of carbonyl (C=O) groups excluding carboxylic acids is 1. The third kappa shape index (κ3) is 2.21. The van der Waals surface area contributed by atoms with Gasteiger partial charge in [0.15, 0.2) is 11.5 Å². The second-order valence-electron chi connectivity index (χ2n) is 7.54. The van der Waals surface area contributed by atoms with E-state index in [2.05, 4.69) is 11.9 Å². The van der Waals surface area contributed by atoms with Gasteiger partial charge in [-0.25, -0.2) is 4.79 Å². The standard InChI is InChI=1S/C19H21NO6/c1-10-6-15(24-9-10)19(22,14-4-3-5-23-14)18(21)25-11-7-12-16-17(26-16)13(8-11)20(12)2/h3-6,9,11-13,16-17,22H,7-8H2,1-2H3. The Hall–Kier alpha value is -2.09. The van der Waals surface area contributed by atoms with Gasteiger partial charge in [-0.2, -0.15) is 0 Å². The van der Waals surface area contributed by atoms with Crippen LogP contribution in [-0.2, 0) is 19.9 Å². The first-order chi connectivity index (χ1) is 12.5. The molecule has 138 valence electrons. The monoisotopic (exact) mass is 359 g/mol. The highest BCUT2D eigenvalue weighted by Crippen LogP contribution is 2.48. The van der Waals surface area contributed by atoms with Crippen LogP contribution in [0.25, 0.3) is 0 Å². The largest absolute Gasteiger partial charge is 0.465 e. The maximum absolute atomic E-state index is 13.0. The molecule has 2 bridgehead atoms. The fourth-order valence-corrected chi connectivity index (χ4v) is 4.46. The molecule has 3 aliphatic rings. The van der Waals surface area contributed by atoms with E-state index < -0.39 is 11.6 Å². The van der Waals surface area contributed by atoms with Crippen molar-refractivity contribution in [1.82, 2.24) is 4.90 Å². The number of aryl methyl sites for hydroxylation is 1. The number of hydrogen-bond acceptors (Lipinski definition) is 7. The SMILES string of the molecule is Cc1coc(C(O)(C(=O)OC2CC3C4OC4C(C2)N3C)c2ccco2)c1. The van der Waals surface area contributed by atoms with Crippen molar-refractivity contribution in [3.05, 3.63) is 47.8 Å². The molecule has 5 rings (SSSR count). The molecule has 5 unspecified atom stereocenters. The normalized spacial score (nSPS) is 35.0. The number of ether oxygens (including phenoxy) is 2. The number of esters is 1. The fraction of sp³-hybridized carbons (Fsp3) is 0.526. The molecule has 0 amide bonds. The lowest BCUT2D eigenvalue weighted by molar-refractivity contribution is -0.175. The van der Waals surface area contributed by atoms with Crippen LogP contribution in [0.4, 0.5) is 0 Å². The first-order valence-electron chi connectivity index (χ1n) is 8.89. The summed E-state index contributed by atoms with van der Waals surface area (Å²) in [7, 11) is 2.09. The van der Waals surface area contributed by atoms with Crippen LogP contribution in [-0.4, -0.2) is 53.4 Å². The summed E-state index contributed by atoms with van der Waals surface area (Å²) in [5.41, 5.74) is -1.30. The number of morpholine rings is 1. The highest BCUT2D eigenvalue weighted by molar-refractivity contribution is 5.84. The molecule has 0 saturated carbocycles. The molecule has 7 heteroatoms. The summed E-state index contributed by atoms with van der Waals surface area (Å²) >= 11 is 0. The molecule has 0 aromatic carbocycles. The Morgan fingerprint density at radius 3 is 2.58 bits per heavy atom. The number of likely N-dealkylation sites (N-methyl/N-ethyl adjacent to an activating group) is 1. The van der Waals surface area contributed by atoms with E-state index in [1.807, 2.05) is 6.92 Å². The number of carbonyl (C=O) groups is 1. The number of furan rings is 2. The predicted molar refractivity (Wildman–Crippen MR) is 88.3 cm³/mol. The third-order valence-electron chi connectivity index (χ3n) is 5.91.